The van der Waals surface area contributed by atoms with Gasteiger partial charge in [0.25, 0.3) is 10.0 Å². The lowest BCUT2D eigenvalue weighted by molar-refractivity contribution is 0.202. The summed E-state index contributed by atoms with van der Waals surface area (Å²) in [4.78, 5) is 2.80. The van der Waals surface area contributed by atoms with Gasteiger partial charge in [0.2, 0.25) is 0 Å². The summed E-state index contributed by atoms with van der Waals surface area (Å²) in [5.41, 5.74) is 1.84. The lowest BCUT2D eigenvalue weighted by Crippen LogP contribution is -2.14. The van der Waals surface area contributed by atoms with Crippen LogP contribution in [-0.2, 0) is 27.8 Å². The van der Waals surface area contributed by atoms with E-state index in [2.05, 4.69) is 9.71 Å². The van der Waals surface area contributed by atoms with Gasteiger partial charge >= 0.3 is 0 Å². The van der Waals surface area contributed by atoms with Crippen LogP contribution in [0.5, 0.6) is 0 Å². The third kappa shape index (κ3) is 3.84. The second-order valence-electron chi connectivity index (χ2n) is 4.52. The topological polar surface area (TPSA) is 91.4 Å². The number of aromatic amines is 1. The number of hydrogen-bond acceptors (Lipinski definition) is 4. The Kier molecular flexibility index (Phi) is 5.00. The fourth-order valence-electron chi connectivity index (χ4n) is 1.92. The molecule has 3 N–H and O–H groups in total. The summed E-state index contributed by atoms with van der Waals surface area (Å²) in [5, 5.41) is 8.99. The van der Waals surface area contributed by atoms with Gasteiger partial charge in [0.05, 0.1) is 18.9 Å². The van der Waals surface area contributed by atoms with E-state index in [-0.39, 0.29) is 11.5 Å². The van der Waals surface area contributed by atoms with Crippen LogP contribution in [0.25, 0.3) is 0 Å². The van der Waals surface area contributed by atoms with Crippen LogP contribution in [0.1, 0.15) is 11.3 Å². The predicted molar refractivity (Wildman–Crippen MR) is 79.5 cm³/mol. The van der Waals surface area contributed by atoms with Gasteiger partial charge in [-0.2, -0.15) is 0 Å². The normalized spacial score (nSPS) is 11.5. The molecule has 0 aliphatic rings. The van der Waals surface area contributed by atoms with E-state index in [0.717, 1.165) is 5.56 Å². The van der Waals surface area contributed by atoms with Crippen molar-refractivity contribution in [2.24, 2.45) is 0 Å². The van der Waals surface area contributed by atoms with Crippen LogP contribution >= 0.6 is 0 Å². The number of rotatable bonds is 7. The average Bonchev–Trinajstić information content (AvgIpc) is 2.96. The van der Waals surface area contributed by atoms with Crippen LogP contribution in [0.15, 0.2) is 41.4 Å². The first-order valence-electron chi connectivity index (χ1n) is 6.44. The van der Waals surface area contributed by atoms with E-state index < -0.39 is 10.0 Å². The molecule has 1 aromatic heterocycles. The number of para-hydroxylation sites is 1. The van der Waals surface area contributed by atoms with Crippen molar-refractivity contribution in [1.29, 1.82) is 0 Å². The van der Waals surface area contributed by atoms with Crippen molar-refractivity contribution in [3.63, 3.8) is 0 Å². The monoisotopic (exact) mass is 310 g/mol. The first kappa shape index (κ1) is 15.6. The fourth-order valence-corrected chi connectivity index (χ4v) is 3.04. The molecule has 0 fully saturated rings. The predicted octanol–water partition coefficient (Wildman–Crippen LogP) is 1.50. The Morgan fingerprint density at radius 2 is 2.10 bits per heavy atom. The number of anilines is 1. The number of benzene rings is 1. The third-order valence-corrected chi connectivity index (χ3v) is 4.38. The summed E-state index contributed by atoms with van der Waals surface area (Å²) in [5.74, 6) is 0. The summed E-state index contributed by atoms with van der Waals surface area (Å²) in [6, 6.07) is 8.59. The standard InChI is InChI=1S/C14H18N2O4S/c1-20-7-6-11-4-2-3-5-14(11)16-21(18,19)13-8-12(10-17)15-9-13/h2-5,8-9,15-17H,6-7,10H2,1H3. The molecule has 0 atom stereocenters. The zero-order chi connectivity index (χ0) is 15.3. The van der Waals surface area contributed by atoms with Crippen molar-refractivity contribution in [3.8, 4) is 0 Å². The Labute approximate surface area is 123 Å². The van der Waals surface area contributed by atoms with Gasteiger partial charge in [0.15, 0.2) is 0 Å². The smallest absolute Gasteiger partial charge is 0.263 e. The number of ether oxygens (including phenoxy) is 1. The molecule has 0 unspecified atom stereocenters. The molecule has 0 aliphatic heterocycles. The van der Waals surface area contributed by atoms with Gasteiger partial charge in [-0.05, 0) is 24.1 Å². The highest BCUT2D eigenvalue weighted by Crippen LogP contribution is 2.21. The minimum atomic E-state index is -3.68. The number of aliphatic hydroxyl groups excluding tert-OH is 1. The van der Waals surface area contributed by atoms with E-state index in [1.165, 1.54) is 12.3 Å². The van der Waals surface area contributed by atoms with Gasteiger partial charge in [-0.15, -0.1) is 0 Å². The molecule has 1 aromatic carbocycles. The van der Waals surface area contributed by atoms with E-state index in [9.17, 15) is 8.42 Å². The minimum Gasteiger partial charge on any atom is -0.390 e. The fraction of sp³-hybridized carbons (Fsp3) is 0.286. The van der Waals surface area contributed by atoms with Crippen LogP contribution < -0.4 is 4.72 Å². The number of aliphatic hydroxyl groups is 1. The molecule has 6 nitrogen and oxygen atoms in total. The van der Waals surface area contributed by atoms with Crippen molar-refractivity contribution in [2.75, 3.05) is 18.4 Å². The average molecular weight is 310 g/mol. The Morgan fingerprint density at radius 3 is 2.76 bits per heavy atom. The summed E-state index contributed by atoms with van der Waals surface area (Å²) in [6.45, 7) is 0.275. The minimum absolute atomic E-state index is 0.0908. The van der Waals surface area contributed by atoms with Crippen LogP contribution in [-0.4, -0.2) is 32.2 Å². The second-order valence-corrected chi connectivity index (χ2v) is 6.21. The summed E-state index contributed by atoms with van der Waals surface area (Å²) < 4.78 is 32.2. The van der Waals surface area contributed by atoms with Gasteiger partial charge in [0.1, 0.15) is 4.90 Å². The van der Waals surface area contributed by atoms with Gasteiger partial charge < -0.3 is 14.8 Å². The Balaban J connectivity index is 2.24. The molecule has 0 saturated carbocycles. The molecule has 0 radical (unpaired) electrons. The van der Waals surface area contributed by atoms with E-state index >= 15 is 0 Å². The molecule has 0 spiro atoms. The van der Waals surface area contributed by atoms with Gasteiger partial charge in [0, 0.05) is 19.0 Å². The lowest BCUT2D eigenvalue weighted by Gasteiger charge is -2.11. The molecule has 0 saturated heterocycles. The molecule has 1 heterocycles. The molecule has 7 heteroatoms. The van der Waals surface area contributed by atoms with Gasteiger partial charge in [-0.1, -0.05) is 18.2 Å². The van der Waals surface area contributed by atoms with E-state index in [1.54, 1.807) is 19.2 Å². The highest BCUT2D eigenvalue weighted by atomic mass is 32.2. The number of nitrogens with one attached hydrogen (secondary N) is 2. The quantitative estimate of drug-likeness (QED) is 0.722. The summed E-state index contributed by atoms with van der Waals surface area (Å²) in [7, 11) is -2.08. The SMILES string of the molecule is COCCc1ccccc1NS(=O)(=O)c1c[nH]c(CO)c1. The number of H-pyrrole nitrogens is 1. The second kappa shape index (κ2) is 6.75. The van der Waals surface area contributed by atoms with Crippen molar-refractivity contribution in [2.45, 2.75) is 17.9 Å². The molecule has 0 bridgehead atoms. The largest absolute Gasteiger partial charge is 0.390 e. The first-order chi connectivity index (χ1) is 10.1. The van der Waals surface area contributed by atoms with E-state index in [0.29, 0.717) is 24.4 Å². The van der Waals surface area contributed by atoms with Crippen LogP contribution in [0.4, 0.5) is 5.69 Å². The number of sulfonamides is 1. The molecule has 2 aromatic rings. The highest BCUT2D eigenvalue weighted by Gasteiger charge is 2.17. The van der Waals surface area contributed by atoms with Crippen molar-refractivity contribution in [3.05, 3.63) is 47.8 Å². The molecular weight excluding hydrogens is 292 g/mol. The molecule has 21 heavy (non-hydrogen) atoms. The Hall–Kier alpha value is -1.83. The summed E-state index contributed by atoms with van der Waals surface area (Å²) in [6.07, 6.45) is 1.97. The van der Waals surface area contributed by atoms with Crippen LogP contribution in [0.2, 0.25) is 0 Å². The maximum absolute atomic E-state index is 12.3. The number of hydrogen-bond donors (Lipinski definition) is 3. The van der Waals surface area contributed by atoms with Crippen molar-refractivity contribution in [1.82, 2.24) is 4.98 Å². The van der Waals surface area contributed by atoms with Gasteiger partial charge in [-0.25, -0.2) is 8.42 Å². The van der Waals surface area contributed by atoms with Crippen LogP contribution in [0.3, 0.4) is 0 Å². The highest BCUT2D eigenvalue weighted by molar-refractivity contribution is 7.92. The van der Waals surface area contributed by atoms with Gasteiger partial charge in [-0.3, -0.25) is 4.72 Å². The zero-order valence-corrected chi connectivity index (χ0v) is 12.5. The molecular formula is C14H18N2O4S. The Morgan fingerprint density at radius 1 is 1.33 bits per heavy atom. The number of methoxy groups -OCH3 is 1. The maximum Gasteiger partial charge on any atom is 0.263 e. The number of aromatic nitrogens is 1. The van der Waals surface area contributed by atoms with Crippen LogP contribution in [0, 0.1) is 0 Å². The van der Waals surface area contributed by atoms with E-state index in [4.69, 9.17) is 9.84 Å². The molecule has 2 rings (SSSR count). The molecule has 114 valence electrons. The maximum atomic E-state index is 12.3. The summed E-state index contributed by atoms with van der Waals surface area (Å²) >= 11 is 0. The van der Waals surface area contributed by atoms with E-state index in [1.807, 2.05) is 12.1 Å². The van der Waals surface area contributed by atoms with Crippen molar-refractivity contribution >= 4 is 15.7 Å². The zero-order valence-electron chi connectivity index (χ0n) is 11.7. The lowest BCUT2D eigenvalue weighted by atomic mass is 10.1. The van der Waals surface area contributed by atoms with Crippen molar-refractivity contribution < 1.29 is 18.3 Å². The first-order valence-corrected chi connectivity index (χ1v) is 7.93. The third-order valence-electron chi connectivity index (χ3n) is 3.03. The molecule has 0 amide bonds. The Bertz CT molecular complexity index is 695. The molecule has 0 aliphatic carbocycles.